The van der Waals surface area contributed by atoms with E-state index in [9.17, 15) is 0 Å². The molecule has 2 unspecified atom stereocenters. The van der Waals surface area contributed by atoms with Gasteiger partial charge >= 0.3 is 0 Å². The van der Waals surface area contributed by atoms with Crippen LogP contribution < -0.4 is 0 Å². The van der Waals surface area contributed by atoms with Crippen molar-refractivity contribution in [1.82, 2.24) is 0 Å². The molecule has 0 amide bonds. The standard InChI is InChI=1S/C18H30N2/c1-4-10-18(5-2)11-8-16(14-18)9-12-20-17(19-3)13-15-6-7-15/h5,15-16H,2-4,6-14H2,1H3. The van der Waals surface area contributed by atoms with E-state index in [2.05, 4.69) is 36.3 Å². The molecule has 0 heterocycles. The molecule has 2 aliphatic rings. The highest BCUT2D eigenvalue weighted by Gasteiger charge is 2.35. The van der Waals surface area contributed by atoms with Crippen LogP contribution in [0, 0.1) is 17.3 Å². The summed E-state index contributed by atoms with van der Waals surface area (Å²) in [4.78, 5) is 8.76. The van der Waals surface area contributed by atoms with Crippen LogP contribution >= 0.6 is 0 Å². The second-order valence-electron chi connectivity index (χ2n) is 6.82. The molecular formula is C18H30N2. The van der Waals surface area contributed by atoms with Crippen LogP contribution in [-0.4, -0.2) is 19.1 Å². The Kier molecular flexibility index (Phi) is 5.56. The van der Waals surface area contributed by atoms with Gasteiger partial charge in [-0.05, 0) is 68.9 Å². The number of hydrogen-bond donors (Lipinski definition) is 0. The Balaban J connectivity index is 1.75. The lowest BCUT2D eigenvalue weighted by Crippen LogP contribution is -2.13. The maximum Gasteiger partial charge on any atom is 0.122 e. The largest absolute Gasteiger partial charge is 0.271 e. The SMILES string of the molecule is C=CC1(CCC)CCC(CCN=C(CC2CC2)N=C)C1. The minimum absolute atomic E-state index is 0.427. The molecule has 0 aromatic carbocycles. The van der Waals surface area contributed by atoms with Crippen molar-refractivity contribution in [3.63, 3.8) is 0 Å². The number of rotatable bonds is 8. The smallest absolute Gasteiger partial charge is 0.122 e. The number of hydrogen-bond acceptors (Lipinski definition) is 1. The van der Waals surface area contributed by atoms with Crippen LogP contribution in [0.25, 0.3) is 0 Å². The van der Waals surface area contributed by atoms with E-state index in [1.165, 1.54) is 51.4 Å². The lowest BCUT2D eigenvalue weighted by Gasteiger charge is -2.24. The van der Waals surface area contributed by atoms with Crippen molar-refractivity contribution in [3.05, 3.63) is 12.7 Å². The number of allylic oxidation sites excluding steroid dienone is 1. The highest BCUT2D eigenvalue weighted by Crippen LogP contribution is 2.47. The Hall–Kier alpha value is -0.920. The summed E-state index contributed by atoms with van der Waals surface area (Å²) >= 11 is 0. The molecule has 2 saturated carbocycles. The van der Waals surface area contributed by atoms with Gasteiger partial charge in [0.1, 0.15) is 5.84 Å². The molecule has 0 radical (unpaired) electrons. The Morgan fingerprint density at radius 1 is 1.30 bits per heavy atom. The summed E-state index contributed by atoms with van der Waals surface area (Å²) < 4.78 is 0. The van der Waals surface area contributed by atoms with Crippen LogP contribution in [0.15, 0.2) is 22.6 Å². The lowest BCUT2D eigenvalue weighted by molar-refractivity contribution is 0.338. The van der Waals surface area contributed by atoms with Crippen molar-refractivity contribution >= 4 is 12.6 Å². The maximum atomic E-state index is 4.67. The van der Waals surface area contributed by atoms with E-state index in [0.29, 0.717) is 5.41 Å². The molecular weight excluding hydrogens is 244 g/mol. The van der Waals surface area contributed by atoms with E-state index < -0.39 is 0 Å². The summed E-state index contributed by atoms with van der Waals surface area (Å²) in [6.45, 7) is 11.0. The molecule has 0 spiro atoms. The minimum atomic E-state index is 0.427. The topological polar surface area (TPSA) is 24.7 Å². The van der Waals surface area contributed by atoms with Gasteiger partial charge in [0.2, 0.25) is 0 Å². The van der Waals surface area contributed by atoms with Crippen LogP contribution in [0.3, 0.4) is 0 Å². The molecule has 0 aromatic heterocycles. The number of aliphatic imine (C=N–C) groups is 2. The zero-order valence-electron chi connectivity index (χ0n) is 13.1. The third kappa shape index (κ3) is 4.29. The molecule has 0 N–H and O–H groups in total. The average molecular weight is 274 g/mol. The van der Waals surface area contributed by atoms with Crippen molar-refractivity contribution in [2.24, 2.45) is 27.2 Å². The first kappa shape index (κ1) is 15.5. The van der Waals surface area contributed by atoms with Gasteiger partial charge in [0.15, 0.2) is 0 Å². The van der Waals surface area contributed by atoms with E-state index in [1.807, 2.05) is 0 Å². The second kappa shape index (κ2) is 7.19. The predicted octanol–water partition coefficient (Wildman–Crippen LogP) is 5.05. The van der Waals surface area contributed by atoms with E-state index in [1.54, 1.807) is 0 Å². The minimum Gasteiger partial charge on any atom is -0.271 e. The Morgan fingerprint density at radius 3 is 2.70 bits per heavy atom. The normalized spacial score (nSPS) is 30.4. The van der Waals surface area contributed by atoms with Gasteiger partial charge in [-0.1, -0.05) is 19.4 Å². The third-order valence-electron chi connectivity index (χ3n) is 5.11. The summed E-state index contributed by atoms with van der Waals surface area (Å²) in [7, 11) is 0. The third-order valence-corrected chi connectivity index (χ3v) is 5.11. The summed E-state index contributed by atoms with van der Waals surface area (Å²) in [6.07, 6.45) is 13.8. The number of amidine groups is 1. The zero-order chi connectivity index (χ0) is 14.4. The van der Waals surface area contributed by atoms with Crippen LogP contribution in [0.2, 0.25) is 0 Å². The first-order valence-electron chi connectivity index (χ1n) is 8.35. The Labute approximate surface area is 124 Å². The van der Waals surface area contributed by atoms with Gasteiger partial charge < -0.3 is 0 Å². The van der Waals surface area contributed by atoms with Crippen molar-refractivity contribution in [2.45, 2.75) is 64.7 Å². The average Bonchev–Trinajstić information content (AvgIpc) is 3.18. The quantitative estimate of drug-likeness (QED) is 0.336. The highest BCUT2D eigenvalue weighted by atomic mass is 14.9. The molecule has 112 valence electrons. The molecule has 20 heavy (non-hydrogen) atoms. The maximum absolute atomic E-state index is 4.67. The van der Waals surface area contributed by atoms with Gasteiger partial charge in [-0.25, -0.2) is 4.99 Å². The van der Waals surface area contributed by atoms with Crippen LogP contribution in [0.5, 0.6) is 0 Å². The van der Waals surface area contributed by atoms with Crippen LogP contribution in [0.1, 0.15) is 64.7 Å². The van der Waals surface area contributed by atoms with Crippen molar-refractivity contribution in [2.75, 3.05) is 6.54 Å². The summed E-state index contributed by atoms with van der Waals surface area (Å²) in [5, 5.41) is 0. The fraction of sp³-hybridized carbons (Fsp3) is 0.778. The fourth-order valence-electron chi connectivity index (χ4n) is 3.66. The lowest BCUT2D eigenvalue weighted by atomic mass is 9.81. The Bertz CT molecular complexity index is 368. The second-order valence-corrected chi connectivity index (χ2v) is 6.82. The fourth-order valence-corrected chi connectivity index (χ4v) is 3.66. The molecule has 0 aliphatic heterocycles. The van der Waals surface area contributed by atoms with Crippen molar-refractivity contribution in [1.29, 1.82) is 0 Å². The number of nitrogens with zero attached hydrogens (tertiary/aromatic N) is 2. The van der Waals surface area contributed by atoms with Gasteiger partial charge in [0, 0.05) is 13.0 Å². The van der Waals surface area contributed by atoms with E-state index in [-0.39, 0.29) is 0 Å². The first-order valence-corrected chi connectivity index (χ1v) is 8.35. The summed E-state index contributed by atoms with van der Waals surface area (Å²) in [5.41, 5.74) is 0.427. The zero-order valence-corrected chi connectivity index (χ0v) is 13.1. The molecule has 2 nitrogen and oxygen atoms in total. The van der Waals surface area contributed by atoms with Crippen molar-refractivity contribution in [3.8, 4) is 0 Å². The molecule has 0 saturated heterocycles. The molecule has 2 aliphatic carbocycles. The van der Waals surface area contributed by atoms with E-state index in [4.69, 9.17) is 0 Å². The van der Waals surface area contributed by atoms with Gasteiger partial charge in [0.05, 0.1) is 0 Å². The molecule has 0 bridgehead atoms. The molecule has 2 atom stereocenters. The van der Waals surface area contributed by atoms with Gasteiger partial charge in [-0.15, -0.1) is 6.58 Å². The van der Waals surface area contributed by atoms with Gasteiger partial charge in [0.25, 0.3) is 0 Å². The monoisotopic (exact) mass is 274 g/mol. The predicted molar refractivity (Wildman–Crippen MR) is 88.7 cm³/mol. The van der Waals surface area contributed by atoms with Gasteiger partial charge in [-0.3, -0.25) is 4.99 Å². The van der Waals surface area contributed by atoms with Crippen LogP contribution in [-0.2, 0) is 0 Å². The molecule has 2 rings (SSSR count). The van der Waals surface area contributed by atoms with Crippen LogP contribution in [0.4, 0.5) is 0 Å². The summed E-state index contributed by atoms with van der Waals surface area (Å²) in [6, 6.07) is 0. The molecule has 2 heteroatoms. The first-order chi connectivity index (χ1) is 9.71. The molecule has 2 fully saturated rings. The summed E-state index contributed by atoms with van der Waals surface area (Å²) in [5.74, 6) is 2.67. The Morgan fingerprint density at radius 2 is 2.10 bits per heavy atom. The van der Waals surface area contributed by atoms with Gasteiger partial charge in [-0.2, -0.15) is 0 Å². The van der Waals surface area contributed by atoms with E-state index in [0.717, 1.165) is 30.6 Å². The molecule has 0 aromatic rings. The van der Waals surface area contributed by atoms with E-state index >= 15 is 0 Å². The van der Waals surface area contributed by atoms with Crippen molar-refractivity contribution < 1.29 is 0 Å². The highest BCUT2D eigenvalue weighted by molar-refractivity contribution is 5.86.